The Morgan fingerprint density at radius 1 is 1.12 bits per heavy atom. The number of halogens is 1. The zero-order valence-electron chi connectivity index (χ0n) is 19.0. The van der Waals surface area contributed by atoms with Gasteiger partial charge in [0.25, 0.3) is 0 Å². The number of hydrogen-bond donors (Lipinski definition) is 0. The Bertz CT molecular complexity index is 1130. The number of carbonyl (C=O) groups is 1. The van der Waals surface area contributed by atoms with Gasteiger partial charge in [-0.3, -0.25) is 14.7 Å². The van der Waals surface area contributed by atoms with Crippen LogP contribution >= 0.6 is 0 Å². The van der Waals surface area contributed by atoms with E-state index in [0.717, 1.165) is 68.6 Å². The third-order valence-corrected chi connectivity index (χ3v) is 7.28. The first-order valence-electron chi connectivity index (χ1n) is 12.2. The monoisotopic (exact) mass is 446 g/mol. The molecule has 2 aromatic heterocycles. The summed E-state index contributed by atoms with van der Waals surface area (Å²) in [6, 6.07) is 10.9. The predicted molar refractivity (Wildman–Crippen MR) is 128 cm³/mol. The van der Waals surface area contributed by atoms with E-state index in [2.05, 4.69) is 16.0 Å². The van der Waals surface area contributed by atoms with Crippen molar-refractivity contribution < 1.29 is 13.6 Å². The molecule has 2 aliphatic rings. The molecule has 1 aliphatic carbocycles. The smallest absolute Gasteiger partial charge is 0.145 e. The van der Waals surface area contributed by atoms with Gasteiger partial charge in [-0.2, -0.15) is 0 Å². The second-order valence-corrected chi connectivity index (χ2v) is 9.41. The average Bonchev–Trinajstić information content (AvgIpc) is 3.44. The minimum atomic E-state index is -0.256. The fourth-order valence-electron chi connectivity index (χ4n) is 5.43. The van der Waals surface area contributed by atoms with E-state index in [1.54, 1.807) is 18.5 Å². The first-order chi connectivity index (χ1) is 16.2. The number of furan rings is 1. The highest BCUT2D eigenvalue weighted by Crippen LogP contribution is 2.33. The summed E-state index contributed by atoms with van der Waals surface area (Å²) >= 11 is 0. The highest BCUT2D eigenvalue weighted by molar-refractivity contribution is 5.91. The van der Waals surface area contributed by atoms with E-state index < -0.39 is 0 Å². The van der Waals surface area contributed by atoms with Crippen molar-refractivity contribution in [3.8, 4) is 0 Å². The van der Waals surface area contributed by atoms with Crippen molar-refractivity contribution in [1.29, 1.82) is 0 Å². The van der Waals surface area contributed by atoms with Crippen molar-refractivity contribution >= 4 is 22.3 Å². The standard InChI is InChI=1S/C28H31FN2O2/c29-25-11-10-22(28-23(25)14-18-33-28)21-12-16-31(19-21)17-13-24(26-9-5-6-15-30-26)27(32)20-7-3-1-2-4-8-20/h5-6,9-12,14-15,18,20,24H,1-4,7-8,13,16-17,19H2. The molecular formula is C28H31FN2O2. The van der Waals surface area contributed by atoms with Gasteiger partial charge in [-0.05, 0) is 61.7 Å². The van der Waals surface area contributed by atoms with Gasteiger partial charge in [0, 0.05) is 30.8 Å². The maximum absolute atomic E-state index is 14.1. The van der Waals surface area contributed by atoms with Gasteiger partial charge in [-0.25, -0.2) is 4.39 Å². The van der Waals surface area contributed by atoms with Gasteiger partial charge in [0.2, 0.25) is 0 Å². The minimum absolute atomic E-state index is 0.152. The summed E-state index contributed by atoms with van der Waals surface area (Å²) < 4.78 is 19.7. The van der Waals surface area contributed by atoms with E-state index in [1.807, 2.05) is 24.3 Å². The van der Waals surface area contributed by atoms with E-state index in [9.17, 15) is 9.18 Å². The molecule has 0 spiro atoms. The van der Waals surface area contributed by atoms with Crippen LogP contribution in [0.3, 0.4) is 0 Å². The summed E-state index contributed by atoms with van der Waals surface area (Å²) in [6.07, 6.45) is 13.1. The summed E-state index contributed by atoms with van der Waals surface area (Å²) in [4.78, 5) is 20.5. The van der Waals surface area contributed by atoms with E-state index in [4.69, 9.17) is 4.42 Å². The van der Waals surface area contributed by atoms with Gasteiger partial charge < -0.3 is 4.42 Å². The molecule has 1 fully saturated rings. The number of ketones is 1. The maximum Gasteiger partial charge on any atom is 0.145 e. The lowest BCUT2D eigenvalue weighted by Crippen LogP contribution is -2.28. The molecule has 3 heterocycles. The van der Waals surface area contributed by atoms with Crippen molar-refractivity contribution in [1.82, 2.24) is 9.88 Å². The third-order valence-electron chi connectivity index (χ3n) is 7.28. The van der Waals surface area contributed by atoms with Crippen LogP contribution in [0.4, 0.5) is 4.39 Å². The number of hydrogen-bond acceptors (Lipinski definition) is 4. The normalized spacial score (nSPS) is 18.9. The molecule has 5 rings (SSSR count). The summed E-state index contributed by atoms with van der Waals surface area (Å²) in [7, 11) is 0. The Morgan fingerprint density at radius 3 is 2.76 bits per heavy atom. The van der Waals surface area contributed by atoms with Crippen molar-refractivity contribution in [2.24, 2.45) is 5.92 Å². The molecule has 0 radical (unpaired) electrons. The number of carbonyl (C=O) groups excluding carboxylic acids is 1. The number of rotatable bonds is 7. The summed E-state index contributed by atoms with van der Waals surface area (Å²) in [6.45, 7) is 2.41. The molecule has 1 unspecified atom stereocenters. The number of aromatic nitrogens is 1. The Balaban J connectivity index is 1.27. The first kappa shape index (κ1) is 22.0. The average molecular weight is 447 g/mol. The van der Waals surface area contributed by atoms with Crippen LogP contribution in [0.15, 0.2) is 59.4 Å². The fraction of sp³-hybridized carbons (Fsp3) is 0.429. The summed E-state index contributed by atoms with van der Waals surface area (Å²) in [5.74, 6) is 0.131. The molecule has 1 saturated carbocycles. The number of Topliss-reactive ketones (excluding diaryl/α,β-unsaturated/α-hetero) is 1. The van der Waals surface area contributed by atoms with Gasteiger partial charge in [0.1, 0.15) is 17.2 Å². The van der Waals surface area contributed by atoms with Crippen LogP contribution in [0.5, 0.6) is 0 Å². The Morgan fingerprint density at radius 2 is 1.97 bits per heavy atom. The van der Waals surface area contributed by atoms with Gasteiger partial charge in [0.15, 0.2) is 0 Å². The maximum atomic E-state index is 14.1. The number of fused-ring (bicyclic) bond motifs is 1. The molecule has 172 valence electrons. The molecule has 1 aromatic carbocycles. The number of pyridine rings is 1. The third kappa shape index (κ3) is 4.79. The lowest BCUT2D eigenvalue weighted by Gasteiger charge is -2.24. The van der Waals surface area contributed by atoms with Gasteiger partial charge in [-0.15, -0.1) is 0 Å². The molecule has 0 N–H and O–H groups in total. The quantitative estimate of drug-likeness (QED) is 0.395. The van der Waals surface area contributed by atoms with Crippen LogP contribution in [-0.4, -0.2) is 35.3 Å². The Hall–Kier alpha value is -2.79. The van der Waals surface area contributed by atoms with Gasteiger partial charge >= 0.3 is 0 Å². The molecule has 0 saturated heterocycles. The van der Waals surface area contributed by atoms with Crippen LogP contribution in [0.2, 0.25) is 0 Å². The highest BCUT2D eigenvalue weighted by Gasteiger charge is 2.30. The van der Waals surface area contributed by atoms with Crippen molar-refractivity contribution in [2.75, 3.05) is 19.6 Å². The largest absolute Gasteiger partial charge is 0.464 e. The van der Waals surface area contributed by atoms with Crippen LogP contribution in [-0.2, 0) is 4.79 Å². The molecule has 0 amide bonds. The minimum Gasteiger partial charge on any atom is -0.464 e. The van der Waals surface area contributed by atoms with Gasteiger partial charge in [-0.1, -0.05) is 37.8 Å². The molecule has 33 heavy (non-hydrogen) atoms. The second kappa shape index (κ2) is 10.0. The van der Waals surface area contributed by atoms with Crippen molar-refractivity contribution in [2.45, 2.75) is 50.9 Å². The fourth-order valence-corrected chi connectivity index (χ4v) is 5.43. The highest BCUT2D eigenvalue weighted by atomic mass is 19.1. The molecular weight excluding hydrogens is 415 g/mol. The predicted octanol–water partition coefficient (Wildman–Crippen LogP) is 6.38. The van der Waals surface area contributed by atoms with E-state index in [0.29, 0.717) is 16.8 Å². The zero-order chi connectivity index (χ0) is 22.6. The summed E-state index contributed by atoms with van der Waals surface area (Å²) in [5, 5.41) is 0.524. The van der Waals surface area contributed by atoms with Crippen LogP contribution < -0.4 is 0 Å². The molecule has 4 nitrogen and oxygen atoms in total. The van der Waals surface area contributed by atoms with Crippen LogP contribution in [0.25, 0.3) is 16.5 Å². The number of nitrogens with zero attached hydrogens (tertiary/aromatic N) is 2. The van der Waals surface area contributed by atoms with Crippen molar-refractivity contribution in [3.05, 3.63) is 72.0 Å². The van der Waals surface area contributed by atoms with Gasteiger partial charge in [0.05, 0.1) is 23.3 Å². The molecule has 3 aromatic rings. The Labute approximate surface area is 194 Å². The Kier molecular flexibility index (Phi) is 6.68. The molecule has 5 heteroatoms. The second-order valence-electron chi connectivity index (χ2n) is 9.41. The topological polar surface area (TPSA) is 46.3 Å². The molecule has 0 bridgehead atoms. The molecule has 1 aliphatic heterocycles. The van der Waals surface area contributed by atoms with Crippen LogP contribution in [0.1, 0.15) is 62.1 Å². The zero-order valence-corrected chi connectivity index (χ0v) is 19.0. The van der Waals surface area contributed by atoms with Crippen molar-refractivity contribution in [3.63, 3.8) is 0 Å². The van der Waals surface area contributed by atoms with Crippen LogP contribution in [0, 0.1) is 11.7 Å². The lowest BCUT2D eigenvalue weighted by molar-refractivity contribution is -0.125. The van der Waals surface area contributed by atoms with E-state index >= 15 is 0 Å². The van der Waals surface area contributed by atoms with E-state index in [1.165, 1.54) is 18.9 Å². The lowest BCUT2D eigenvalue weighted by atomic mass is 9.83. The summed E-state index contributed by atoms with van der Waals surface area (Å²) in [5.41, 5.74) is 3.61. The number of benzene rings is 1. The SMILES string of the molecule is O=C(C1CCCCCC1)C(CCN1CC=C(c2ccc(F)c3ccoc23)C1)c1ccccn1. The molecule has 1 atom stereocenters. The first-order valence-corrected chi connectivity index (χ1v) is 12.2. The van der Waals surface area contributed by atoms with E-state index in [-0.39, 0.29) is 17.7 Å².